The van der Waals surface area contributed by atoms with E-state index in [2.05, 4.69) is 50.3 Å². The van der Waals surface area contributed by atoms with E-state index in [1.165, 1.54) is 11.1 Å². The molecule has 0 unspecified atom stereocenters. The Kier molecular flexibility index (Phi) is 2.27. The van der Waals surface area contributed by atoms with Crippen molar-refractivity contribution < 1.29 is 0 Å². The summed E-state index contributed by atoms with van der Waals surface area (Å²) in [7, 11) is 0. The second-order valence-corrected chi connectivity index (χ2v) is 2.40. The lowest BCUT2D eigenvalue weighted by atomic mass is 10.2. The zero-order chi connectivity index (χ0) is 7.40. The molecule has 0 aliphatic heterocycles. The van der Waals surface area contributed by atoms with E-state index in [0.29, 0.717) is 0 Å². The van der Waals surface area contributed by atoms with Gasteiger partial charge < -0.3 is 0 Å². The fourth-order valence-corrected chi connectivity index (χ4v) is 0.831. The molecule has 0 N–H and O–H groups in total. The summed E-state index contributed by atoms with van der Waals surface area (Å²) in [5.74, 6) is 0. The molecule has 1 rings (SSSR count). The van der Waals surface area contributed by atoms with Crippen molar-refractivity contribution in [1.29, 1.82) is 0 Å². The average Bonchev–Trinajstić information content (AvgIpc) is 2.40. The van der Waals surface area contributed by atoms with Gasteiger partial charge in [0.15, 0.2) is 0 Å². The van der Waals surface area contributed by atoms with Gasteiger partial charge in [0, 0.05) is 0 Å². The Morgan fingerprint density at radius 3 is 2.40 bits per heavy atom. The lowest BCUT2D eigenvalue weighted by Crippen LogP contribution is -1.69. The molecule has 0 spiro atoms. The maximum Gasteiger partial charge on any atom is -0.0254 e. The van der Waals surface area contributed by atoms with Crippen molar-refractivity contribution in [3.05, 3.63) is 47.6 Å². The summed E-state index contributed by atoms with van der Waals surface area (Å²) in [6.45, 7) is 4.15. The first-order valence-electron chi connectivity index (χ1n) is 3.52. The minimum absolute atomic E-state index is 1.29. The van der Waals surface area contributed by atoms with Crippen molar-refractivity contribution in [2.24, 2.45) is 0 Å². The third-order valence-electron chi connectivity index (χ3n) is 1.54. The normalized spacial score (nSPS) is 16.6. The highest BCUT2D eigenvalue weighted by Gasteiger charge is 1.89. The van der Waals surface area contributed by atoms with Gasteiger partial charge in [-0.2, -0.15) is 0 Å². The van der Waals surface area contributed by atoms with Gasteiger partial charge in [0.1, 0.15) is 0 Å². The van der Waals surface area contributed by atoms with Gasteiger partial charge in [0.2, 0.25) is 0 Å². The van der Waals surface area contributed by atoms with E-state index in [0.717, 1.165) is 0 Å². The van der Waals surface area contributed by atoms with E-state index >= 15 is 0 Å². The van der Waals surface area contributed by atoms with E-state index in [1.807, 2.05) is 0 Å². The van der Waals surface area contributed by atoms with Crippen LogP contribution in [0.4, 0.5) is 0 Å². The van der Waals surface area contributed by atoms with Crippen molar-refractivity contribution in [3.63, 3.8) is 0 Å². The lowest BCUT2D eigenvalue weighted by molar-refractivity contribution is 1.46. The van der Waals surface area contributed by atoms with Gasteiger partial charge in [-0.1, -0.05) is 42.0 Å². The Hall–Kier alpha value is -1.04. The molecule has 0 amide bonds. The van der Waals surface area contributed by atoms with E-state index in [4.69, 9.17) is 0 Å². The zero-order valence-corrected chi connectivity index (χ0v) is 6.46. The zero-order valence-electron chi connectivity index (χ0n) is 6.46. The van der Waals surface area contributed by atoms with E-state index in [1.54, 1.807) is 0 Å². The van der Waals surface area contributed by atoms with E-state index in [-0.39, 0.29) is 0 Å². The Bertz CT molecular complexity index is 210. The predicted octanol–water partition coefficient (Wildman–Crippen LogP) is 3.01. The summed E-state index contributed by atoms with van der Waals surface area (Å²) in [5.41, 5.74) is 2.60. The van der Waals surface area contributed by atoms with Gasteiger partial charge in [-0.25, -0.2) is 0 Å². The molecule has 0 bridgehead atoms. The molecule has 0 saturated heterocycles. The number of allylic oxidation sites excluding steroid dienone is 8. The molecule has 0 heterocycles. The van der Waals surface area contributed by atoms with Crippen LogP contribution in [0.25, 0.3) is 0 Å². The molecule has 0 heteroatoms. The van der Waals surface area contributed by atoms with Gasteiger partial charge in [-0.3, -0.25) is 0 Å². The number of hydrogen-bond acceptors (Lipinski definition) is 0. The van der Waals surface area contributed by atoms with Gasteiger partial charge in [-0.15, -0.1) is 0 Å². The van der Waals surface area contributed by atoms with Crippen LogP contribution in [-0.4, -0.2) is 0 Å². The lowest BCUT2D eigenvalue weighted by Gasteiger charge is -1.90. The van der Waals surface area contributed by atoms with Crippen LogP contribution < -0.4 is 0 Å². The van der Waals surface area contributed by atoms with Crippen molar-refractivity contribution >= 4 is 0 Å². The maximum absolute atomic E-state index is 2.17. The second kappa shape index (κ2) is 3.21. The SMILES string of the molecule is C/C=C(\C)C=C1C=CC=C1. The minimum atomic E-state index is 1.29. The third-order valence-corrected chi connectivity index (χ3v) is 1.54. The standard InChI is InChI=1S/C10H12/c1-3-9(2)8-10-6-4-5-7-10/h3-8H,1-2H3/b9-3+. The third kappa shape index (κ3) is 1.73. The Morgan fingerprint density at radius 2 is 1.90 bits per heavy atom. The van der Waals surface area contributed by atoms with Crippen molar-refractivity contribution in [1.82, 2.24) is 0 Å². The largest absolute Gasteiger partial charge is 0.0847 e. The highest BCUT2D eigenvalue weighted by Crippen LogP contribution is 2.09. The molecule has 0 aromatic heterocycles. The summed E-state index contributed by atoms with van der Waals surface area (Å²) in [5, 5.41) is 0. The number of hydrogen-bond donors (Lipinski definition) is 0. The summed E-state index contributed by atoms with van der Waals surface area (Å²) >= 11 is 0. The molecule has 0 aromatic carbocycles. The fourth-order valence-electron chi connectivity index (χ4n) is 0.831. The molecule has 0 radical (unpaired) electrons. The molecule has 10 heavy (non-hydrogen) atoms. The van der Waals surface area contributed by atoms with Crippen LogP contribution in [0.15, 0.2) is 47.6 Å². The Balaban J connectivity index is 2.73. The van der Waals surface area contributed by atoms with Crippen LogP contribution in [0.3, 0.4) is 0 Å². The van der Waals surface area contributed by atoms with Crippen LogP contribution in [0.2, 0.25) is 0 Å². The summed E-state index contributed by atoms with van der Waals surface area (Å²) in [4.78, 5) is 0. The van der Waals surface area contributed by atoms with Gasteiger partial charge in [0.05, 0.1) is 0 Å². The highest BCUT2D eigenvalue weighted by molar-refractivity contribution is 5.43. The summed E-state index contributed by atoms with van der Waals surface area (Å²) in [6.07, 6.45) is 12.6. The Labute approximate surface area is 62.3 Å². The molecule has 0 nitrogen and oxygen atoms in total. The highest BCUT2D eigenvalue weighted by atomic mass is 14.0. The molecule has 1 aliphatic carbocycles. The first-order valence-corrected chi connectivity index (χ1v) is 3.52. The molecule has 1 aliphatic rings. The quantitative estimate of drug-likeness (QED) is 0.514. The minimum Gasteiger partial charge on any atom is -0.0847 e. The molecular formula is C10H12. The van der Waals surface area contributed by atoms with E-state index < -0.39 is 0 Å². The molecule has 0 aromatic rings. The topological polar surface area (TPSA) is 0 Å². The smallest absolute Gasteiger partial charge is 0.0254 e. The van der Waals surface area contributed by atoms with Crippen molar-refractivity contribution in [3.8, 4) is 0 Å². The molecule has 0 fully saturated rings. The van der Waals surface area contributed by atoms with Crippen LogP contribution in [0, 0.1) is 0 Å². The second-order valence-electron chi connectivity index (χ2n) is 2.40. The number of rotatable bonds is 1. The van der Waals surface area contributed by atoms with Crippen molar-refractivity contribution in [2.45, 2.75) is 13.8 Å². The van der Waals surface area contributed by atoms with Gasteiger partial charge >= 0.3 is 0 Å². The average molecular weight is 132 g/mol. The first kappa shape index (κ1) is 7.07. The molecule has 0 atom stereocenters. The van der Waals surface area contributed by atoms with Crippen LogP contribution >= 0.6 is 0 Å². The summed E-state index contributed by atoms with van der Waals surface area (Å²) < 4.78 is 0. The Morgan fingerprint density at radius 1 is 1.30 bits per heavy atom. The van der Waals surface area contributed by atoms with Crippen LogP contribution in [-0.2, 0) is 0 Å². The fraction of sp³-hybridized carbons (Fsp3) is 0.200. The monoisotopic (exact) mass is 132 g/mol. The predicted molar refractivity (Wildman–Crippen MR) is 45.8 cm³/mol. The van der Waals surface area contributed by atoms with Crippen LogP contribution in [0.1, 0.15) is 13.8 Å². The molecule has 0 saturated carbocycles. The van der Waals surface area contributed by atoms with Gasteiger partial charge in [-0.05, 0) is 19.4 Å². The van der Waals surface area contributed by atoms with Crippen LogP contribution in [0.5, 0.6) is 0 Å². The maximum atomic E-state index is 2.17. The molecule has 52 valence electrons. The van der Waals surface area contributed by atoms with Gasteiger partial charge in [0.25, 0.3) is 0 Å². The first-order chi connectivity index (χ1) is 4.83. The van der Waals surface area contributed by atoms with Crippen molar-refractivity contribution in [2.75, 3.05) is 0 Å². The van der Waals surface area contributed by atoms with E-state index in [9.17, 15) is 0 Å². The summed E-state index contributed by atoms with van der Waals surface area (Å²) in [6, 6.07) is 0. The molecular weight excluding hydrogens is 120 g/mol.